The molecule has 0 bridgehead atoms. The van der Waals surface area contributed by atoms with E-state index in [1.54, 1.807) is 0 Å². The monoisotopic (exact) mass is 378 g/mol. The molecule has 4 nitrogen and oxygen atoms in total. The first-order valence-electron chi connectivity index (χ1n) is 10.1. The van der Waals surface area contributed by atoms with Crippen LogP contribution in [0.15, 0.2) is 36.4 Å². The summed E-state index contributed by atoms with van der Waals surface area (Å²) in [6.45, 7) is 8.05. The Bertz CT molecular complexity index is 807. The molecule has 0 saturated heterocycles. The van der Waals surface area contributed by atoms with Crippen LogP contribution >= 0.6 is 0 Å². The lowest BCUT2D eigenvalue weighted by atomic mass is 9.81. The van der Waals surface area contributed by atoms with Crippen molar-refractivity contribution in [1.29, 1.82) is 0 Å². The van der Waals surface area contributed by atoms with Crippen LogP contribution in [0.25, 0.3) is 0 Å². The summed E-state index contributed by atoms with van der Waals surface area (Å²) in [7, 11) is 0. The van der Waals surface area contributed by atoms with E-state index in [9.17, 15) is 9.59 Å². The van der Waals surface area contributed by atoms with Gasteiger partial charge in [0.05, 0.1) is 0 Å². The van der Waals surface area contributed by atoms with Crippen molar-refractivity contribution < 1.29 is 9.59 Å². The molecule has 0 heterocycles. The lowest BCUT2D eigenvalue weighted by Gasteiger charge is -2.27. The van der Waals surface area contributed by atoms with E-state index in [-0.39, 0.29) is 23.7 Å². The van der Waals surface area contributed by atoms with Crippen LogP contribution in [0.1, 0.15) is 47.9 Å². The van der Waals surface area contributed by atoms with Crippen molar-refractivity contribution in [2.24, 2.45) is 11.8 Å². The molecule has 2 N–H and O–H groups in total. The predicted molar refractivity (Wildman–Crippen MR) is 115 cm³/mol. The highest BCUT2D eigenvalue weighted by molar-refractivity contribution is 5.95. The number of hydrogen-bond donors (Lipinski definition) is 2. The lowest BCUT2D eigenvalue weighted by Crippen LogP contribution is -2.32. The normalized spacial score (nSPS) is 19.1. The molecule has 1 saturated carbocycles. The minimum absolute atomic E-state index is 0.0235. The van der Waals surface area contributed by atoms with Crippen LogP contribution in [0.2, 0.25) is 0 Å². The highest BCUT2D eigenvalue weighted by Crippen LogP contribution is 2.31. The second-order valence-electron chi connectivity index (χ2n) is 8.16. The number of rotatable bonds is 4. The van der Waals surface area contributed by atoms with Crippen molar-refractivity contribution in [3.05, 3.63) is 58.7 Å². The Kier molecular flexibility index (Phi) is 6.18. The van der Waals surface area contributed by atoms with Crippen LogP contribution in [0.5, 0.6) is 0 Å². The van der Waals surface area contributed by atoms with Gasteiger partial charge in [-0.05, 0) is 87.8 Å². The zero-order chi connectivity index (χ0) is 20.3. The summed E-state index contributed by atoms with van der Waals surface area (Å²) in [6.07, 6.45) is 3.01. The van der Waals surface area contributed by atoms with E-state index in [0.717, 1.165) is 59.3 Å². The van der Waals surface area contributed by atoms with Crippen molar-refractivity contribution in [2.75, 3.05) is 10.6 Å². The highest BCUT2D eigenvalue weighted by atomic mass is 16.2. The number of hydrogen-bond acceptors (Lipinski definition) is 2. The molecule has 0 unspecified atom stereocenters. The summed E-state index contributed by atoms with van der Waals surface area (Å²) >= 11 is 0. The van der Waals surface area contributed by atoms with Crippen LogP contribution in [-0.4, -0.2) is 11.8 Å². The van der Waals surface area contributed by atoms with E-state index in [0.29, 0.717) is 0 Å². The molecule has 0 radical (unpaired) electrons. The molecule has 1 aliphatic rings. The molecule has 0 aromatic heterocycles. The summed E-state index contributed by atoms with van der Waals surface area (Å²) in [5.41, 5.74) is 6.18. The SMILES string of the molecule is Cc1ccc(C)c(NC(=O)C2CCC(C(=O)Nc3cc(C)ccc3C)CC2)c1. The highest BCUT2D eigenvalue weighted by Gasteiger charge is 2.30. The van der Waals surface area contributed by atoms with E-state index < -0.39 is 0 Å². The molecule has 0 aliphatic heterocycles. The van der Waals surface area contributed by atoms with Crippen LogP contribution in [0, 0.1) is 39.5 Å². The fourth-order valence-corrected chi connectivity index (χ4v) is 3.83. The van der Waals surface area contributed by atoms with Crippen molar-refractivity contribution in [1.82, 2.24) is 0 Å². The Balaban J connectivity index is 1.55. The van der Waals surface area contributed by atoms with Gasteiger partial charge >= 0.3 is 0 Å². The van der Waals surface area contributed by atoms with Gasteiger partial charge in [-0.25, -0.2) is 0 Å². The van der Waals surface area contributed by atoms with Crippen molar-refractivity contribution in [3.8, 4) is 0 Å². The quantitative estimate of drug-likeness (QED) is 0.758. The fraction of sp³-hybridized carbons (Fsp3) is 0.417. The number of aryl methyl sites for hydroxylation is 4. The van der Waals surface area contributed by atoms with Gasteiger partial charge in [0, 0.05) is 23.2 Å². The van der Waals surface area contributed by atoms with Gasteiger partial charge in [-0.3, -0.25) is 9.59 Å². The number of benzene rings is 2. The molecule has 2 amide bonds. The number of carbonyl (C=O) groups is 2. The molecular formula is C24H30N2O2. The number of nitrogens with one attached hydrogen (secondary N) is 2. The zero-order valence-corrected chi connectivity index (χ0v) is 17.3. The molecule has 4 heteroatoms. The van der Waals surface area contributed by atoms with Gasteiger partial charge in [0.25, 0.3) is 0 Å². The molecule has 1 fully saturated rings. The molecule has 28 heavy (non-hydrogen) atoms. The van der Waals surface area contributed by atoms with Gasteiger partial charge in [0.15, 0.2) is 0 Å². The maximum Gasteiger partial charge on any atom is 0.227 e. The molecule has 0 spiro atoms. The maximum atomic E-state index is 12.7. The molecule has 148 valence electrons. The van der Waals surface area contributed by atoms with Crippen molar-refractivity contribution in [3.63, 3.8) is 0 Å². The van der Waals surface area contributed by atoms with Gasteiger partial charge in [-0.15, -0.1) is 0 Å². The van der Waals surface area contributed by atoms with Crippen LogP contribution in [0.4, 0.5) is 11.4 Å². The number of amides is 2. The first kappa shape index (κ1) is 20.1. The Hall–Kier alpha value is -2.62. The summed E-state index contributed by atoms with van der Waals surface area (Å²) in [5.74, 6) is 0.0958. The zero-order valence-electron chi connectivity index (χ0n) is 17.3. The van der Waals surface area contributed by atoms with E-state index in [4.69, 9.17) is 0 Å². The van der Waals surface area contributed by atoms with E-state index in [1.165, 1.54) is 0 Å². The van der Waals surface area contributed by atoms with E-state index in [2.05, 4.69) is 10.6 Å². The van der Waals surface area contributed by atoms with Gasteiger partial charge in [0.1, 0.15) is 0 Å². The van der Waals surface area contributed by atoms with Crippen LogP contribution < -0.4 is 10.6 Å². The lowest BCUT2D eigenvalue weighted by molar-refractivity contribution is -0.125. The molecule has 2 aromatic rings. The average molecular weight is 379 g/mol. The van der Waals surface area contributed by atoms with Gasteiger partial charge < -0.3 is 10.6 Å². The summed E-state index contributed by atoms with van der Waals surface area (Å²) in [6, 6.07) is 12.2. The molecule has 1 aliphatic carbocycles. The third-order valence-corrected chi connectivity index (χ3v) is 5.77. The summed E-state index contributed by atoms with van der Waals surface area (Å²) in [4.78, 5) is 25.3. The maximum absolute atomic E-state index is 12.7. The molecule has 2 aromatic carbocycles. The Morgan fingerprint density at radius 3 is 1.39 bits per heavy atom. The standard InChI is InChI=1S/C24H30N2O2/c1-15-5-7-17(3)21(13-15)25-23(27)19-9-11-20(12-10-19)24(28)26-22-14-16(2)6-8-18(22)4/h5-8,13-14,19-20H,9-12H2,1-4H3,(H,25,27)(H,26,28). The minimum atomic E-state index is -0.0235. The third kappa shape index (κ3) is 4.80. The third-order valence-electron chi connectivity index (χ3n) is 5.77. The molecule has 0 atom stereocenters. The molecular weight excluding hydrogens is 348 g/mol. The first-order valence-corrected chi connectivity index (χ1v) is 10.1. The van der Waals surface area contributed by atoms with Crippen LogP contribution in [-0.2, 0) is 9.59 Å². The Labute approximate surface area is 167 Å². The first-order chi connectivity index (χ1) is 13.3. The second-order valence-corrected chi connectivity index (χ2v) is 8.16. The minimum Gasteiger partial charge on any atom is -0.326 e. The van der Waals surface area contributed by atoms with E-state index >= 15 is 0 Å². The largest absolute Gasteiger partial charge is 0.326 e. The van der Waals surface area contributed by atoms with Gasteiger partial charge in [-0.2, -0.15) is 0 Å². The van der Waals surface area contributed by atoms with Crippen molar-refractivity contribution >= 4 is 23.2 Å². The number of carbonyl (C=O) groups excluding carboxylic acids is 2. The Morgan fingerprint density at radius 2 is 1.04 bits per heavy atom. The topological polar surface area (TPSA) is 58.2 Å². The van der Waals surface area contributed by atoms with Gasteiger partial charge in [-0.1, -0.05) is 24.3 Å². The second kappa shape index (κ2) is 8.59. The van der Waals surface area contributed by atoms with Crippen molar-refractivity contribution in [2.45, 2.75) is 53.4 Å². The fourth-order valence-electron chi connectivity index (χ4n) is 3.83. The van der Waals surface area contributed by atoms with E-state index in [1.807, 2.05) is 64.1 Å². The molecule has 3 rings (SSSR count). The van der Waals surface area contributed by atoms with Crippen LogP contribution in [0.3, 0.4) is 0 Å². The number of anilines is 2. The summed E-state index contributed by atoms with van der Waals surface area (Å²) < 4.78 is 0. The average Bonchev–Trinajstić information content (AvgIpc) is 2.67. The summed E-state index contributed by atoms with van der Waals surface area (Å²) in [5, 5.41) is 6.16. The van der Waals surface area contributed by atoms with Gasteiger partial charge in [0.2, 0.25) is 11.8 Å². The predicted octanol–water partition coefficient (Wildman–Crippen LogP) is 5.30. The Morgan fingerprint density at radius 1 is 0.679 bits per heavy atom. The smallest absolute Gasteiger partial charge is 0.227 e.